The second-order valence-corrected chi connectivity index (χ2v) is 8.84. The lowest BCUT2D eigenvalue weighted by Gasteiger charge is -2.49. The summed E-state index contributed by atoms with van der Waals surface area (Å²) in [5, 5.41) is 26.3. The fraction of sp³-hybridized carbons (Fsp3) is 0.389. The normalized spacial score (nSPS) is 19.6. The van der Waals surface area contributed by atoms with Crippen LogP contribution >= 0.6 is 23.1 Å². The van der Waals surface area contributed by atoms with E-state index in [1.165, 1.54) is 24.1 Å². The zero-order valence-corrected chi connectivity index (χ0v) is 19.5. The third kappa shape index (κ3) is 5.28. The lowest BCUT2D eigenvalue weighted by molar-refractivity contribution is -0.150. The predicted molar refractivity (Wildman–Crippen MR) is 118 cm³/mol. The standard InChI is InChI=1S/C18H20N6O8S2/c1-3-20-18(30)32-23-10(9-6-34-17(19)21-9)13(26)22-11-14(27)24-12(16(28)29)8(4-31-7(2)25)5-33-15(11)24/h6,11,15H,3-5H2,1-2H3,(H2,19,21)(H,20,30)(H,22,26)(H,28,29)/t11?,15-/m0/s1. The lowest BCUT2D eigenvalue weighted by atomic mass is 10.0. The van der Waals surface area contributed by atoms with Crippen molar-refractivity contribution in [1.29, 1.82) is 5.41 Å². The van der Waals surface area contributed by atoms with Crippen LogP contribution in [0.15, 0.2) is 21.8 Å². The summed E-state index contributed by atoms with van der Waals surface area (Å²) in [6, 6.07) is -1.08. The number of rotatable bonds is 8. The molecule has 16 heteroatoms. The second-order valence-electron chi connectivity index (χ2n) is 6.85. The molecule has 2 aliphatic rings. The van der Waals surface area contributed by atoms with E-state index in [4.69, 9.17) is 10.1 Å². The molecule has 3 amide bonds. The number of H-pyrrole nitrogens is 1. The summed E-state index contributed by atoms with van der Waals surface area (Å²) >= 11 is 2.16. The molecule has 0 bridgehead atoms. The molecule has 3 heterocycles. The molecule has 2 aliphatic heterocycles. The first kappa shape index (κ1) is 25.0. The molecule has 1 unspecified atom stereocenters. The molecule has 1 aromatic rings. The van der Waals surface area contributed by atoms with Crippen LogP contribution in [-0.4, -0.2) is 80.9 Å². The Morgan fingerprint density at radius 3 is 2.71 bits per heavy atom. The highest BCUT2D eigenvalue weighted by Gasteiger charge is 2.54. The van der Waals surface area contributed by atoms with Crippen LogP contribution in [0.4, 0.5) is 4.79 Å². The SMILES string of the molecule is CCNC(=O)ON=C(C(=O)NC1C(=O)N2C(C(=O)O)=C(COC(C)=O)CS[C@@H]12)c1csc(=N)[nH]1. The van der Waals surface area contributed by atoms with E-state index in [9.17, 15) is 29.1 Å². The third-order valence-corrected chi connectivity index (χ3v) is 6.57. The molecule has 0 aliphatic carbocycles. The van der Waals surface area contributed by atoms with E-state index < -0.39 is 41.3 Å². The van der Waals surface area contributed by atoms with Crippen molar-refractivity contribution < 1.29 is 38.7 Å². The number of ether oxygens (including phenoxy) is 1. The molecule has 182 valence electrons. The number of hydrogen-bond acceptors (Lipinski definition) is 11. The molecule has 2 atom stereocenters. The number of thiazole rings is 1. The molecular weight excluding hydrogens is 492 g/mol. The summed E-state index contributed by atoms with van der Waals surface area (Å²) in [6.07, 6.45) is -0.903. The van der Waals surface area contributed by atoms with Gasteiger partial charge in [-0.2, -0.15) is 0 Å². The van der Waals surface area contributed by atoms with Gasteiger partial charge in [0.2, 0.25) is 0 Å². The molecule has 14 nitrogen and oxygen atoms in total. The Morgan fingerprint density at radius 1 is 1.38 bits per heavy atom. The van der Waals surface area contributed by atoms with Gasteiger partial charge in [-0.15, -0.1) is 23.1 Å². The minimum absolute atomic E-state index is 0.0128. The zero-order chi connectivity index (χ0) is 25.0. The smallest absolute Gasteiger partial charge is 0.433 e. The van der Waals surface area contributed by atoms with Crippen molar-refractivity contribution in [3.8, 4) is 0 Å². The second kappa shape index (κ2) is 10.5. The highest BCUT2D eigenvalue weighted by atomic mass is 32.2. The first-order chi connectivity index (χ1) is 16.1. The summed E-state index contributed by atoms with van der Waals surface area (Å²) in [5.74, 6) is -3.34. The van der Waals surface area contributed by atoms with Crippen molar-refractivity contribution >= 4 is 58.7 Å². The molecule has 1 fully saturated rings. The van der Waals surface area contributed by atoms with Crippen molar-refractivity contribution in [3.05, 3.63) is 27.1 Å². The van der Waals surface area contributed by atoms with Crippen molar-refractivity contribution in [2.45, 2.75) is 25.3 Å². The Labute approximate surface area is 199 Å². The number of esters is 1. The largest absolute Gasteiger partial charge is 0.477 e. The number of aliphatic carboxylic acids is 1. The number of amides is 3. The number of thioether (sulfide) groups is 1. The number of carbonyl (C=O) groups is 5. The van der Waals surface area contributed by atoms with Gasteiger partial charge < -0.3 is 25.5 Å². The minimum Gasteiger partial charge on any atom is -0.477 e. The number of aromatic amines is 1. The van der Waals surface area contributed by atoms with Crippen LogP contribution in [0.2, 0.25) is 0 Å². The van der Waals surface area contributed by atoms with Gasteiger partial charge in [0.15, 0.2) is 10.5 Å². The maximum atomic E-state index is 12.9. The van der Waals surface area contributed by atoms with Gasteiger partial charge >= 0.3 is 18.0 Å². The van der Waals surface area contributed by atoms with E-state index in [0.717, 1.165) is 16.2 Å². The number of β-lactam (4-membered cyclic amide) rings is 1. The van der Waals surface area contributed by atoms with Gasteiger partial charge in [0.1, 0.15) is 23.7 Å². The van der Waals surface area contributed by atoms with Crippen molar-refractivity contribution in [2.75, 3.05) is 18.9 Å². The Bertz CT molecular complexity index is 1160. The van der Waals surface area contributed by atoms with E-state index in [1.807, 2.05) is 0 Å². The average molecular weight is 513 g/mol. The number of nitrogens with zero attached hydrogens (tertiary/aromatic N) is 2. The Morgan fingerprint density at radius 2 is 2.12 bits per heavy atom. The van der Waals surface area contributed by atoms with Gasteiger partial charge in [-0.3, -0.25) is 29.5 Å². The lowest BCUT2D eigenvalue weighted by Crippen LogP contribution is -2.71. The molecule has 5 N–H and O–H groups in total. The monoisotopic (exact) mass is 512 g/mol. The van der Waals surface area contributed by atoms with Crippen LogP contribution in [0.3, 0.4) is 0 Å². The molecule has 1 aromatic heterocycles. The van der Waals surface area contributed by atoms with Crippen LogP contribution in [-0.2, 0) is 28.8 Å². The van der Waals surface area contributed by atoms with Crippen LogP contribution < -0.4 is 15.4 Å². The van der Waals surface area contributed by atoms with E-state index in [0.29, 0.717) is 0 Å². The zero-order valence-electron chi connectivity index (χ0n) is 17.9. The molecule has 34 heavy (non-hydrogen) atoms. The van der Waals surface area contributed by atoms with E-state index >= 15 is 0 Å². The van der Waals surface area contributed by atoms with Crippen molar-refractivity contribution in [2.24, 2.45) is 5.16 Å². The van der Waals surface area contributed by atoms with Crippen LogP contribution in [0.1, 0.15) is 19.5 Å². The Kier molecular flexibility index (Phi) is 7.72. The van der Waals surface area contributed by atoms with E-state index in [-0.39, 0.29) is 46.4 Å². The minimum atomic E-state index is -1.36. The maximum Gasteiger partial charge on any atom is 0.433 e. The molecular formula is C18H20N6O8S2. The molecule has 3 rings (SSSR count). The number of carbonyl (C=O) groups excluding carboxylic acids is 4. The topological polar surface area (TPSA) is 203 Å². The van der Waals surface area contributed by atoms with Crippen molar-refractivity contribution in [1.82, 2.24) is 20.5 Å². The Balaban J connectivity index is 1.79. The third-order valence-electron chi connectivity index (χ3n) is 4.54. The first-order valence-corrected chi connectivity index (χ1v) is 11.7. The molecule has 0 spiro atoms. The summed E-state index contributed by atoms with van der Waals surface area (Å²) in [4.78, 5) is 68.5. The van der Waals surface area contributed by atoms with Gasteiger partial charge in [0.25, 0.3) is 11.8 Å². The highest BCUT2D eigenvalue weighted by molar-refractivity contribution is 8.00. The molecule has 0 radical (unpaired) electrons. The number of carboxylic acids is 1. The number of aromatic nitrogens is 1. The van der Waals surface area contributed by atoms with Gasteiger partial charge in [0.05, 0.1) is 5.69 Å². The average Bonchev–Trinajstić information content (AvgIpc) is 3.21. The van der Waals surface area contributed by atoms with Crippen LogP contribution in [0, 0.1) is 5.41 Å². The number of carboxylic acid groups (broad SMARTS) is 1. The fourth-order valence-electron chi connectivity index (χ4n) is 3.08. The predicted octanol–water partition coefficient (Wildman–Crippen LogP) is -0.692. The van der Waals surface area contributed by atoms with Crippen LogP contribution in [0.5, 0.6) is 0 Å². The van der Waals surface area contributed by atoms with Gasteiger partial charge in [0, 0.05) is 30.2 Å². The summed E-state index contributed by atoms with van der Waals surface area (Å²) < 4.78 is 4.88. The number of hydrogen-bond donors (Lipinski definition) is 5. The Hall–Kier alpha value is -3.66. The van der Waals surface area contributed by atoms with E-state index in [1.54, 1.807) is 6.92 Å². The number of oxime groups is 1. The fourth-order valence-corrected chi connectivity index (χ4v) is 4.99. The first-order valence-electron chi connectivity index (χ1n) is 9.73. The van der Waals surface area contributed by atoms with Gasteiger partial charge in [-0.05, 0) is 6.92 Å². The maximum absolute atomic E-state index is 12.9. The van der Waals surface area contributed by atoms with Gasteiger partial charge in [-0.25, -0.2) is 9.59 Å². The highest BCUT2D eigenvalue weighted by Crippen LogP contribution is 2.40. The summed E-state index contributed by atoms with van der Waals surface area (Å²) in [6.45, 7) is 2.84. The van der Waals surface area contributed by atoms with Crippen molar-refractivity contribution in [3.63, 3.8) is 0 Å². The van der Waals surface area contributed by atoms with Gasteiger partial charge in [-0.1, -0.05) is 5.16 Å². The molecule has 0 saturated carbocycles. The molecule has 1 saturated heterocycles. The quantitative estimate of drug-likeness (QED) is 0.0981. The summed E-state index contributed by atoms with van der Waals surface area (Å²) in [7, 11) is 0. The van der Waals surface area contributed by atoms with Crippen LogP contribution in [0.25, 0.3) is 0 Å². The molecule has 0 aromatic carbocycles. The number of fused-ring (bicyclic) bond motifs is 1. The number of nitrogens with one attached hydrogen (secondary N) is 4. The summed E-state index contributed by atoms with van der Waals surface area (Å²) in [5.41, 5.74) is -0.321. The van der Waals surface area contributed by atoms with E-state index in [2.05, 4.69) is 25.6 Å².